The number of amides is 1. The highest BCUT2D eigenvalue weighted by molar-refractivity contribution is 14.1. The van der Waals surface area contributed by atoms with Crippen molar-refractivity contribution in [3.8, 4) is 0 Å². The number of carbonyl (C=O) groups excluding carboxylic acids is 1. The van der Waals surface area contributed by atoms with E-state index in [4.69, 9.17) is 11.6 Å². The van der Waals surface area contributed by atoms with Crippen LogP contribution in [0.2, 0.25) is 5.02 Å². The van der Waals surface area contributed by atoms with Crippen LogP contribution < -0.4 is 0 Å². The lowest BCUT2D eigenvalue weighted by Crippen LogP contribution is -2.26. The Balaban J connectivity index is 2.17. The average molecular weight is 392 g/mol. The molecule has 0 saturated heterocycles. The monoisotopic (exact) mass is 391 g/mol. The van der Waals surface area contributed by atoms with Gasteiger partial charge < -0.3 is 4.90 Å². The van der Waals surface area contributed by atoms with Crippen LogP contribution in [0.3, 0.4) is 0 Å². The summed E-state index contributed by atoms with van der Waals surface area (Å²) in [6.07, 6.45) is 0. The van der Waals surface area contributed by atoms with Gasteiger partial charge in [-0.25, -0.2) is 0 Å². The molecule has 2 aromatic rings. The zero-order valence-corrected chi connectivity index (χ0v) is 13.4. The highest BCUT2D eigenvalue weighted by Gasteiger charge is 2.15. The van der Waals surface area contributed by atoms with E-state index >= 15 is 0 Å². The molecule has 0 atom stereocenters. The summed E-state index contributed by atoms with van der Waals surface area (Å²) in [5.41, 5.74) is 0.655. The maximum absolute atomic E-state index is 12.3. The van der Waals surface area contributed by atoms with Crippen LogP contribution in [0.25, 0.3) is 0 Å². The Bertz CT molecular complexity index is 556. The molecule has 94 valence electrons. The SMILES string of the molecule is CN(Cc1cccs1)C(=O)c1cc(Cl)ccc1I. The molecule has 0 unspecified atom stereocenters. The van der Waals surface area contributed by atoms with Crippen molar-refractivity contribution in [1.82, 2.24) is 4.90 Å². The van der Waals surface area contributed by atoms with Gasteiger partial charge in [-0.3, -0.25) is 4.79 Å². The molecule has 1 heterocycles. The summed E-state index contributed by atoms with van der Waals surface area (Å²) in [5.74, 6) is -0.00435. The predicted molar refractivity (Wildman–Crippen MR) is 84.3 cm³/mol. The van der Waals surface area contributed by atoms with Crippen molar-refractivity contribution >= 4 is 51.4 Å². The van der Waals surface area contributed by atoms with Gasteiger partial charge in [-0.1, -0.05) is 17.7 Å². The minimum Gasteiger partial charge on any atom is -0.337 e. The van der Waals surface area contributed by atoms with Gasteiger partial charge in [0.1, 0.15) is 0 Å². The van der Waals surface area contributed by atoms with Gasteiger partial charge in [0.2, 0.25) is 0 Å². The first-order valence-corrected chi connectivity index (χ1v) is 7.64. The molecule has 0 aliphatic carbocycles. The minimum absolute atomic E-state index is 0.00435. The van der Waals surface area contributed by atoms with E-state index in [1.54, 1.807) is 35.4 Å². The third kappa shape index (κ3) is 3.24. The fourth-order valence-corrected chi connectivity index (χ4v) is 3.07. The van der Waals surface area contributed by atoms with Gasteiger partial charge in [-0.15, -0.1) is 11.3 Å². The van der Waals surface area contributed by atoms with Gasteiger partial charge >= 0.3 is 0 Å². The largest absolute Gasteiger partial charge is 0.337 e. The summed E-state index contributed by atoms with van der Waals surface area (Å²) in [4.78, 5) is 15.2. The van der Waals surface area contributed by atoms with E-state index in [-0.39, 0.29) is 5.91 Å². The van der Waals surface area contributed by atoms with Crippen LogP contribution in [-0.2, 0) is 6.54 Å². The van der Waals surface area contributed by atoms with Gasteiger partial charge in [0.25, 0.3) is 5.91 Å². The number of rotatable bonds is 3. The van der Waals surface area contributed by atoms with Crippen molar-refractivity contribution in [3.63, 3.8) is 0 Å². The lowest BCUT2D eigenvalue weighted by Gasteiger charge is -2.17. The maximum atomic E-state index is 12.3. The molecular formula is C13H11ClINOS. The van der Waals surface area contributed by atoms with Crippen LogP contribution in [0.5, 0.6) is 0 Å². The zero-order chi connectivity index (χ0) is 13.1. The Hall–Kier alpha value is -0.590. The molecule has 5 heteroatoms. The molecule has 0 spiro atoms. The molecule has 2 rings (SSSR count). The van der Waals surface area contributed by atoms with E-state index in [0.717, 1.165) is 3.57 Å². The number of nitrogens with zero attached hydrogens (tertiary/aromatic N) is 1. The fourth-order valence-electron chi connectivity index (χ4n) is 1.58. The molecular weight excluding hydrogens is 381 g/mol. The quantitative estimate of drug-likeness (QED) is 0.715. The van der Waals surface area contributed by atoms with Gasteiger partial charge in [-0.2, -0.15) is 0 Å². The van der Waals surface area contributed by atoms with Crippen LogP contribution in [0.4, 0.5) is 0 Å². The van der Waals surface area contributed by atoms with Crippen molar-refractivity contribution in [2.45, 2.75) is 6.54 Å². The van der Waals surface area contributed by atoms with Crippen molar-refractivity contribution in [1.29, 1.82) is 0 Å². The van der Waals surface area contributed by atoms with Crippen molar-refractivity contribution in [2.24, 2.45) is 0 Å². The average Bonchev–Trinajstić information content (AvgIpc) is 2.84. The van der Waals surface area contributed by atoms with Crippen LogP contribution in [0.1, 0.15) is 15.2 Å². The van der Waals surface area contributed by atoms with E-state index in [9.17, 15) is 4.79 Å². The number of hydrogen-bond acceptors (Lipinski definition) is 2. The number of halogens is 2. The van der Waals surface area contributed by atoms with Crippen LogP contribution >= 0.6 is 45.5 Å². The first kappa shape index (κ1) is 13.8. The summed E-state index contributed by atoms with van der Waals surface area (Å²) in [6, 6.07) is 9.38. The zero-order valence-electron chi connectivity index (χ0n) is 9.69. The Morgan fingerprint density at radius 2 is 2.22 bits per heavy atom. The van der Waals surface area contributed by atoms with Crippen molar-refractivity contribution < 1.29 is 4.79 Å². The third-order valence-corrected chi connectivity index (χ3v) is 4.52. The van der Waals surface area contributed by atoms with Gasteiger partial charge in [-0.05, 0) is 52.2 Å². The minimum atomic E-state index is -0.00435. The van der Waals surface area contributed by atoms with E-state index in [2.05, 4.69) is 22.6 Å². The molecule has 2 nitrogen and oxygen atoms in total. The van der Waals surface area contributed by atoms with Crippen molar-refractivity contribution in [3.05, 3.63) is 54.7 Å². The fraction of sp³-hybridized carbons (Fsp3) is 0.154. The molecule has 0 radical (unpaired) electrons. The predicted octanol–water partition coefficient (Wildman–Crippen LogP) is 4.28. The third-order valence-electron chi connectivity index (χ3n) is 2.48. The van der Waals surface area contributed by atoms with E-state index in [1.807, 2.05) is 23.6 Å². The first-order chi connectivity index (χ1) is 8.58. The number of hydrogen-bond donors (Lipinski definition) is 0. The van der Waals surface area contributed by atoms with E-state index < -0.39 is 0 Å². The lowest BCUT2D eigenvalue weighted by atomic mass is 10.2. The highest BCUT2D eigenvalue weighted by Crippen LogP contribution is 2.20. The summed E-state index contributed by atoms with van der Waals surface area (Å²) in [5, 5.41) is 2.60. The Kier molecular flexibility index (Phi) is 4.64. The molecule has 0 N–H and O–H groups in total. The molecule has 0 bridgehead atoms. The normalized spacial score (nSPS) is 10.4. The second kappa shape index (κ2) is 6.04. The van der Waals surface area contributed by atoms with Crippen LogP contribution in [0, 0.1) is 3.57 Å². The maximum Gasteiger partial charge on any atom is 0.255 e. The van der Waals surface area contributed by atoms with Crippen LogP contribution in [-0.4, -0.2) is 17.9 Å². The summed E-state index contributed by atoms with van der Waals surface area (Å²) >= 11 is 9.74. The molecule has 1 aromatic heterocycles. The molecule has 0 saturated carbocycles. The standard InChI is InChI=1S/C13H11ClINOS/c1-16(8-10-3-2-6-18-10)13(17)11-7-9(14)4-5-12(11)15/h2-7H,8H2,1H3. The molecule has 1 aromatic carbocycles. The molecule has 0 fully saturated rings. The van der Waals surface area contributed by atoms with E-state index in [0.29, 0.717) is 17.1 Å². The van der Waals surface area contributed by atoms with E-state index in [1.165, 1.54) is 4.88 Å². The lowest BCUT2D eigenvalue weighted by molar-refractivity contribution is 0.0785. The second-order valence-electron chi connectivity index (χ2n) is 3.86. The molecule has 0 aliphatic heterocycles. The van der Waals surface area contributed by atoms with Crippen LogP contribution in [0.15, 0.2) is 35.7 Å². The van der Waals surface area contributed by atoms with Gasteiger partial charge in [0, 0.05) is 20.5 Å². The second-order valence-corrected chi connectivity index (χ2v) is 6.50. The van der Waals surface area contributed by atoms with Gasteiger partial charge in [0.05, 0.1) is 12.1 Å². The first-order valence-electron chi connectivity index (χ1n) is 5.31. The highest BCUT2D eigenvalue weighted by atomic mass is 127. The smallest absolute Gasteiger partial charge is 0.255 e. The summed E-state index contributed by atoms with van der Waals surface area (Å²) in [6.45, 7) is 0.624. The van der Waals surface area contributed by atoms with Crippen molar-refractivity contribution in [2.75, 3.05) is 7.05 Å². The molecule has 18 heavy (non-hydrogen) atoms. The number of carbonyl (C=O) groups is 1. The summed E-state index contributed by atoms with van der Waals surface area (Å²) in [7, 11) is 1.80. The topological polar surface area (TPSA) is 20.3 Å². The summed E-state index contributed by atoms with van der Waals surface area (Å²) < 4.78 is 0.917. The Morgan fingerprint density at radius 3 is 2.89 bits per heavy atom. The Morgan fingerprint density at radius 1 is 1.44 bits per heavy atom. The number of benzene rings is 1. The van der Waals surface area contributed by atoms with Gasteiger partial charge in [0.15, 0.2) is 0 Å². The molecule has 0 aliphatic rings. The number of thiophene rings is 1. The molecule has 1 amide bonds. The Labute approximate surface area is 129 Å².